The van der Waals surface area contributed by atoms with Gasteiger partial charge in [-0.15, -0.1) is 5.10 Å². The van der Waals surface area contributed by atoms with Gasteiger partial charge in [0.15, 0.2) is 17.3 Å². The van der Waals surface area contributed by atoms with Crippen LogP contribution in [-0.2, 0) is 6.54 Å². The lowest BCUT2D eigenvalue weighted by molar-refractivity contribution is 0.174. The van der Waals surface area contributed by atoms with Crippen molar-refractivity contribution in [2.45, 2.75) is 20.4 Å². The average Bonchev–Trinajstić information content (AvgIpc) is 3.11. The highest BCUT2D eigenvalue weighted by Gasteiger charge is 2.13. The molecule has 0 bridgehead atoms. The summed E-state index contributed by atoms with van der Waals surface area (Å²) in [5, 5.41) is 15.0. The normalized spacial score (nSPS) is 12.1. The van der Waals surface area contributed by atoms with Gasteiger partial charge in [-0.05, 0) is 48.7 Å². The van der Waals surface area contributed by atoms with E-state index in [-0.39, 0.29) is 6.79 Å². The molecule has 7 nitrogen and oxygen atoms in total. The maximum Gasteiger partial charge on any atom is 0.249 e. The molecule has 0 amide bonds. The van der Waals surface area contributed by atoms with Crippen LogP contribution < -0.4 is 20.1 Å². The third kappa shape index (κ3) is 3.88. The van der Waals surface area contributed by atoms with Gasteiger partial charge in [0.1, 0.15) is 0 Å². The van der Waals surface area contributed by atoms with E-state index < -0.39 is 0 Å². The molecule has 27 heavy (non-hydrogen) atoms. The number of benzene rings is 2. The Kier molecular flexibility index (Phi) is 4.68. The lowest BCUT2D eigenvalue weighted by Gasteiger charge is -2.12. The Balaban J connectivity index is 1.46. The maximum atomic E-state index is 6.34. The largest absolute Gasteiger partial charge is 0.454 e. The summed E-state index contributed by atoms with van der Waals surface area (Å²) >= 11 is 6.34. The van der Waals surface area contributed by atoms with Crippen molar-refractivity contribution in [1.82, 2.24) is 15.2 Å². The zero-order valence-corrected chi connectivity index (χ0v) is 15.7. The van der Waals surface area contributed by atoms with Crippen molar-refractivity contribution in [3.8, 4) is 11.5 Å². The van der Waals surface area contributed by atoms with E-state index in [1.165, 1.54) is 0 Å². The summed E-state index contributed by atoms with van der Waals surface area (Å²) in [5.41, 5.74) is 3.94. The summed E-state index contributed by atoms with van der Waals surface area (Å²) in [4.78, 5) is 4.45. The summed E-state index contributed by atoms with van der Waals surface area (Å²) in [6.45, 7) is 4.81. The number of hydrogen-bond donors (Lipinski definition) is 2. The molecular weight excluding hydrogens is 366 g/mol. The molecule has 0 fully saturated rings. The first-order valence-corrected chi connectivity index (χ1v) is 8.82. The molecular formula is C19H18ClN5O2. The van der Waals surface area contributed by atoms with Crippen molar-refractivity contribution in [3.63, 3.8) is 0 Å². The van der Waals surface area contributed by atoms with Crippen LogP contribution in [0.3, 0.4) is 0 Å². The second-order valence-electron chi connectivity index (χ2n) is 6.27. The molecule has 4 rings (SSSR count). The van der Waals surface area contributed by atoms with Gasteiger partial charge < -0.3 is 20.1 Å². The van der Waals surface area contributed by atoms with E-state index in [0.29, 0.717) is 23.3 Å². The first-order chi connectivity index (χ1) is 13.1. The average molecular weight is 384 g/mol. The fourth-order valence-electron chi connectivity index (χ4n) is 2.87. The van der Waals surface area contributed by atoms with Gasteiger partial charge in [0.2, 0.25) is 12.7 Å². The van der Waals surface area contributed by atoms with Crippen molar-refractivity contribution in [2.75, 3.05) is 17.4 Å². The van der Waals surface area contributed by atoms with Crippen LogP contribution in [0, 0.1) is 13.8 Å². The smallest absolute Gasteiger partial charge is 0.249 e. The molecule has 0 saturated heterocycles. The van der Waals surface area contributed by atoms with Gasteiger partial charge in [-0.3, -0.25) is 0 Å². The molecule has 0 atom stereocenters. The summed E-state index contributed by atoms with van der Waals surface area (Å²) in [7, 11) is 0. The lowest BCUT2D eigenvalue weighted by atomic mass is 10.1. The van der Waals surface area contributed by atoms with Crippen LogP contribution in [0.2, 0.25) is 5.02 Å². The van der Waals surface area contributed by atoms with Crippen LogP contribution in [-0.4, -0.2) is 22.0 Å². The summed E-state index contributed by atoms with van der Waals surface area (Å²) in [5.74, 6) is 2.49. The van der Waals surface area contributed by atoms with Crippen LogP contribution in [0.25, 0.3) is 0 Å². The quantitative estimate of drug-likeness (QED) is 0.682. The number of nitrogens with zero attached hydrogens (tertiary/aromatic N) is 3. The second kappa shape index (κ2) is 7.28. The van der Waals surface area contributed by atoms with E-state index in [1.54, 1.807) is 6.20 Å². The van der Waals surface area contributed by atoms with Crippen LogP contribution in [0.4, 0.5) is 17.5 Å². The monoisotopic (exact) mass is 383 g/mol. The number of hydrogen-bond acceptors (Lipinski definition) is 7. The SMILES string of the molecule is Cc1cc(C)c(Nc2nncc(NCc3ccc4c(c3)OCO4)n2)c(Cl)c1. The van der Waals surface area contributed by atoms with Crippen LogP contribution in [0.1, 0.15) is 16.7 Å². The van der Waals surface area contributed by atoms with E-state index in [0.717, 1.165) is 33.9 Å². The molecule has 1 aliphatic rings. The molecule has 0 aliphatic carbocycles. The molecule has 1 aromatic heterocycles. The van der Waals surface area contributed by atoms with Gasteiger partial charge >= 0.3 is 0 Å². The molecule has 138 valence electrons. The summed E-state index contributed by atoms with van der Waals surface area (Å²) in [6, 6.07) is 9.75. The number of fused-ring (bicyclic) bond motifs is 1. The Bertz CT molecular complexity index is 973. The number of aryl methyl sites for hydroxylation is 2. The Morgan fingerprint density at radius 2 is 1.96 bits per heavy atom. The van der Waals surface area contributed by atoms with E-state index in [2.05, 4.69) is 25.8 Å². The Morgan fingerprint density at radius 3 is 2.81 bits per heavy atom. The van der Waals surface area contributed by atoms with E-state index in [9.17, 15) is 0 Å². The predicted molar refractivity (Wildman–Crippen MR) is 104 cm³/mol. The fraction of sp³-hybridized carbons (Fsp3) is 0.211. The minimum atomic E-state index is 0.262. The van der Waals surface area contributed by atoms with E-state index >= 15 is 0 Å². The van der Waals surface area contributed by atoms with Crippen molar-refractivity contribution in [1.29, 1.82) is 0 Å². The second-order valence-corrected chi connectivity index (χ2v) is 6.68. The lowest BCUT2D eigenvalue weighted by Crippen LogP contribution is -2.06. The molecule has 2 aromatic carbocycles. The molecule has 2 N–H and O–H groups in total. The summed E-state index contributed by atoms with van der Waals surface area (Å²) in [6.07, 6.45) is 1.57. The molecule has 3 aromatic rings. The zero-order valence-electron chi connectivity index (χ0n) is 14.9. The number of rotatable bonds is 5. The molecule has 0 unspecified atom stereocenters. The topological polar surface area (TPSA) is 81.2 Å². The van der Waals surface area contributed by atoms with Crippen molar-refractivity contribution >= 4 is 29.1 Å². The van der Waals surface area contributed by atoms with Gasteiger partial charge in [-0.1, -0.05) is 23.7 Å². The highest BCUT2D eigenvalue weighted by molar-refractivity contribution is 6.33. The van der Waals surface area contributed by atoms with Gasteiger partial charge in [-0.2, -0.15) is 10.1 Å². The highest BCUT2D eigenvalue weighted by atomic mass is 35.5. The minimum Gasteiger partial charge on any atom is -0.454 e. The van der Waals surface area contributed by atoms with Crippen LogP contribution in [0.15, 0.2) is 36.5 Å². The minimum absolute atomic E-state index is 0.262. The zero-order chi connectivity index (χ0) is 18.8. The Morgan fingerprint density at radius 1 is 1.11 bits per heavy atom. The number of aromatic nitrogens is 3. The number of ether oxygens (including phenoxy) is 2. The molecule has 2 heterocycles. The van der Waals surface area contributed by atoms with E-state index in [1.807, 2.05) is 44.2 Å². The van der Waals surface area contributed by atoms with Gasteiger partial charge in [-0.25, -0.2) is 0 Å². The maximum absolute atomic E-state index is 6.34. The molecule has 1 aliphatic heterocycles. The molecule has 8 heteroatoms. The van der Waals surface area contributed by atoms with Crippen LogP contribution in [0.5, 0.6) is 11.5 Å². The number of anilines is 3. The third-order valence-corrected chi connectivity index (χ3v) is 4.44. The number of halogens is 1. The summed E-state index contributed by atoms with van der Waals surface area (Å²) < 4.78 is 10.7. The first-order valence-electron chi connectivity index (χ1n) is 8.44. The molecule has 0 spiro atoms. The third-order valence-electron chi connectivity index (χ3n) is 4.14. The Labute approximate surface area is 161 Å². The van der Waals surface area contributed by atoms with Gasteiger partial charge in [0.05, 0.1) is 16.9 Å². The standard InChI is InChI=1S/C19H18ClN5O2/c1-11-5-12(2)18(14(20)6-11)24-19-23-17(9-22-25-19)21-8-13-3-4-15-16(7-13)27-10-26-15/h3-7,9H,8,10H2,1-2H3,(H2,21,23,24,25). The highest BCUT2D eigenvalue weighted by Crippen LogP contribution is 2.33. The fourth-order valence-corrected chi connectivity index (χ4v) is 3.24. The number of nitrogens with one attached hydrogen (secondary N) is 2. The van der Waals surface area contributed by atoms with Crippen molar-refractivity contribution in [2.24, 2.45) is 0 Å². The van der Waals surface area contributed by atoms with E-state index in [4.69, 9.17) is 21.1 Å². The van der Waals surface area contributed by atoms with Crippen molar-refractivity contribution < 1.29 is 9.47 Å². The molecule has 0 saturated carbocycles. The predicted octanol–water partition coefficient (Wildman–Crippen LogP) is 4.23. The van der Waals surface area contributed by atoms with Crippen LogP contribution >= 0.6 is 11.6 Å². The Hall–Kier alpha value is -3.06. The van der Waals surface area contributed by atoms with Gasteiger partial charge in [0.25, 0.3) is 0 Å². The van der Waals surface area contributed by atoms with Gasteiger partial charge in [0, 0.05) is 6.54 Å². The first kappa shape index (κ1) is 17.4. The molecule has 0 radical (unpaired) electrons. The van der Waals surface area contributed by atoms with Crippen molar-refractivity contribution in [3.05, 3.63) is 58.2 Å².